The summed E-state index contributed by atoms with van der Waals surface area (Å²) in [6.45, 7) is 3.87. The molecule has 3 atom stereocenters. The zero-order valence-corrected chi connectivity index (χ0v) is 10.9. The summed E-state index contributed by atoms with van der Waals surface area (Å²) in [5, 5.41) is 0. The molecule has 0 aliphatic rings. The van der Waals surface area contributed by atoms with Crippen LogP contribution in [0.25, 0.3) is 0 Å². The van der Waals surface area contributed by atoms with Gasteiger partial charge >= 0.3 is 0 Å². The molecule has 0 radical (unpaired) electrons. The summed E-state index contributed by atoms with van der Waals surface area (Å²) < 4.78 is 0. The van der Waals surface area contributed by atoms with Gasteiger partial charge in [0.2, 0.25) is 0 Å². The number of hydrogen-bond donors (Lipinski definition) is 0. The fourth-order valence-electron chi connectivity index (χ4n) is 1.84. The van der Waals surface area contributed by atoms with Crippen molar-refractivity contribution in [3.8, 4) is 0 Å². The van der Waals surface area contributed by atoms with E-state index in [9.17, 15) is 14.4 Å². The summed E-state index contributed by atoms with van der Waals surface area (Å²) in [6, 6.07) is 0. The van der Waals surface area contributed by atoms with E-state index in [1.165, 1.54) is 0 Å². The van der Waals surface area contributed by atoms with Crippen LogP contribution >= 0.6 is 0 Å². The molecule has 17 heavy (non-hydrogen) atoms. The maximum absolute atomic E-state index is 10.9. The van der Waals surface area contributed by atoms with Gasteiger partial charge < -0.3 is 14.4 Å². The summed E-state index contributed by atoms with van der Waals surface area (Å²) >= 11 is 0. The van der Waals surface area contributed by atoms with Gasteiger partial charge in [-0.2, -0.15) is 0 Å². The Morgan fingerprint density at radius 3 is 1.88 bits per heavy atom. The lowest BCUT2D eigenvalue weighted by molar-refractivity contribution is -0.113. The molecule has 3 unspecified atom stereocenters. The molecule has 0 aromatic carbocycles. The molecule has 0 rings (SSSR count). The van der Waals surface area contributed by atoms with Crippen LogP contribution < -0.4 is 0 Å². The quantitative estimate of drug-likeness (QED) is 0.522. The smallest absolute Gasteiger partial charge is 0.123 e. The molecule has 0 aliphatic carbocycles. The molecular weight excluding hydrogens is 216 g/mol. The van der Waals surface area contributed by atoms with Crippen molar-refractivity contribution in [2.24, 2.45) is 17.8 Å². The van der Waals surface area contributed by atoms with E-state index in [4.69, 9.17) is 0 Å². The Hall–Kier alpha value is -0.990. The Labute approximate surface area is 104 Å². The third-order valence-corrected chi connectivity index (χ3v) is 3.28. The number of hydrogen-bond acceptors (Lipinski definition) is 3. The van der Waals surface area contributed by atoms with Gasteiger partial charge in [0.15, 0.2) is 0 Å². The van der Waals surface area contributed by atoms with E-state index in [0.29, 0.717) is 0 Å². The lowest BCUT2D eigenvalue weighted by Gasteiger charge is -2.12. The van der Waals surface area contributed by atoms with Gasteiger partial charge in [0.1, 0.15) is 18.9 Å². The Balaban J connectivity index is 3.77. The van der Waals surface area contributed by atoms with Gasteiger partial charge in [0.25, 0.3) is 0 Å². The minimum absolute atomic E-state index is 0.0378. The molecule has 0 aromatic heterocycles. The lowest BCUT2D eigenvalue weighted by atomic mass is 9.92. The standard InChI is InChI=1S/C14H24O3/c1-3-13(10-16)5-4-6-14(11-17)8-7-12(2)9-15/h9-14H,3-8H2,1-2H3. The normalized spacial score (nSPS) is 15.9. The van der Waals surface area contributed by atoms with E-state index in [2.05, 4.69) is 0 Å². The molecule has 0 fully saturated rings. The van der Waals surface area contributed by atoms with Gasteiger partial charge in [-0.1, -0.05) is 20.3 Å². The number of carbonyl (C=O) groups is 3. The maximum Gasteiger partial charge on any atom is 0.123 e. The molecule has 0 spiro atoms. The van der Waals surface area contributed by atoms with Crippen LogP contribution in [0, 0.1) is 17.8 Å². The topological polar surface area (TPSA) is 51.2 Å². The average molecular weight is 240 g/mol. The zero-order valence-electron chi connectivity index (χ0n) is 10.9. The second kappa shape index (κ2) is 10.2. The lowest BCUT2D eigenvalue weighted by Crippen LogP contribution is -2.07. The van der Waals surface area contributed by atoms with E-state index in [-0.39, 0.29) is 17.8 Å². The largest absolute Gasteiger partial charge is 0.303 e. The molecule has 0 saturated carbocycles. The SMILES string of the molecule is CCC(C=O)CCCC(C=O)CCC(C)C=O. The Kier molecular flexibility index (Phi) is 9.59. The summed E-state index contributed by atoms with van der Waals surface area (Å²) in [4.78, 5) is 31.9. The molecule has 0 heterocycles. The van der Waals surface area contributed by atoms with Gasteiger partial charge in [-0.3, -0.25) is 0 Å². The van der Waals surface area contributed by atoms with Crippen LogP contribution in [0.5, 0.6) is 0 Å². The molecule has 0 aromatic rings. The summed E-state index contributed by atoms with van der Waals surface area (Å²) in [5.74, 6) is 0.216. The van der Waals surface area contributed by atoms with E-state index in [1.807, 2.05) is 13.8 Å². The maximum atomic E-state index is 10.9. The van der Waals surface area contributed by atoms with Crippen LogP contribution in [0.1, 0.15) is 52.4 Å². The van der Waals surface area contributed by atoms with Crippen LogP contribution in [0.2, 0.25) is 0 Å². The van der Waals surface area contributed by atoms with Gasteiger partial charge in [0, 0.05) is 17.8 Å². The van der Waals surface area contributed by atoms with Gasteiger partial charge in [-0.05, 0) is 32.1 Å². The highest BCUT2D eigenvalue weighted by Crippen LogP contribution is 2.18. The fourth-order valence-corrected chi connectivity index (χ4v) is 1.84. The van der Waals surface area contributed by atoms with Crippen molar-refractivity contribution in [2.75, 3.05) is 0 Å². The summed E-state index contributed by atoms with van der Waals surface area (Å²) in [6.07, 6.45) is 7.96. The molecule has 3 heteroatoms. The van der Waals surface area contributed by atoms with E-state index >= 15 is 0 Å². The second-order valence-corrected chi connectivity index (χ2v) is 4.82. The van der Waals surface area contributed by atoms with Gasteiger partial charge in [-0.15, -0.1) is 0 Å². The van der Waals surface area contributed by atoms with Crippen molar-refractivity contribution in [3.63, 3.8) is 0 Å². The van der Waals surface area contributed by atoms with Crippen molar-refractivity contribution in [1.29, 1.82) is 0 Å². The molecule has 0 aliphatic heterocycles. The van der Waals surface area contributed by atoms with Crippen molar-refractivity contribution in [1.82, 2.24) is 0 Å². The fraction of sp³-hybridized carbons (Fsp3) is 0.786. The van der Waals surface area contributed by atoms with E-state index < -0.39 is 0 Å². The molecule has 0 bridgehead atoms. The predicted molar refractivity (Wildman–Crippen MR) is 67.7 cm³/mol. The average Bonchev–Trinajstić information content (AvgIpc) is 2.37. The Morgan fingerprint density at radius 2 is 1.41 bits per heavy atom. The minimum atomic E-state index is 0.0378. The number of carbonyl (C=O) groups excluding carboxylic acids is 3. The molecular formula is C14H24O3. The third-order valence-electron chi connectivity index (χ3n) is 3.28. The third kappa shape index (κ3) is 7.83. The first-order valence-corrected chi connectivity index (χ1v) is 6.53. The Morgan fingerprint density at radius 1 is 0.824 bits per heavy atom. The molecule has 3 nitrogen and oxygen atoms in total. The van der Waals surface area contributed by atoms with Crippen LogP contribution in [-0.4, -0.2) is 18.9 Å². The molecule has 98 valence electrons. The van der Waals surface area contributed by atoms with E-state index in [1.54, 1.807) is 0 Å². The number of aldehydes is 3. The highest BCUT2D eigenvalue weighted by Gasteiger charge is 2.11. The van der Waals surface area contributed by atoms with Crippen molar-refractivity contribution >= 4 is 18.9 Å². The Bertz CT molecular complexity index is 226. The molecule has 0 saturated heterocycles. The van der Waals surface area contributed by atoms with Crippen LogP contribution in [0.4, 0.5) is 0 Å². The van der Waals surface area contributed by atoms with Crippen LogP contribution in [0.3, 0.4) is 0 Å². The highest BCUT2D eigenvalue weighted by atomic mass is 16.1. The first-order valence-electron chi connectivity index (χ1n) is 6.53. The molecule has 0 N–H and O–H groups in total. The summed E-state index contributed by atoms with van der Waals surface area (Å²) in [5.41, 5.74) is 0. The first kappa shape index (κ1) is 16.0. The predicted octanol–water partition coefficient (Wildman–Crippen LogP) is 2.81. The van der Waals surface area contributed by atoms with Crippen molar-refractivity contribution in [3.05, 3.63) is 0 Å². The summed E-state index contributed by atoms with van der Waals surface area (Å²) in [7, 11) is 0. The van der Waals surface area contributed by atoms with Crippen molar-refractivity contribution in [2.45, 2.75) is 52.4 Å². The van der Waals surface area contributed by atoms with Crippen molar-refractivity contribution < 1.29 is 14.4 Å². The van der Waals surface area contributed by atoms with E-state index in [0.717, 1.165) is 57.4 Å². The monoisotopic (exact) mass is 240 g/mol. The second-order valence-electron chi connectivity index (χ2n) is 4.82. The minimum Gasteiger partial charge on any atom is -0.303 e. The van der Waals surface area contributed by atoms with Gasteiger partial charge in [0.05, 0.1) is 0 Å². The zero-order chi connectivity index (χ0) is 13.1. The van der Waals surface area contributed by atoms with Gasteiger partial charge in [-0.25, -0.2) is 0 Å². The van der Waals surface area contributed by atoms with Crippen LogP contribution in [-0.2, 0) is 14.4 Å². The highest BCUT2D eigenvalue weighted by molar-refractivity contribution is 5.55. The molecule has 0 amide bonds. The number of rotatable bonds is 11. The van der Waals surface area contributed by atoms with Crippen LogP contribution in [0.15, 0.2) is 0 Å². The first-order chi connectivity index (χ1) is 8.17.